The van der Waals surface area contributed by atoms with Crippen molar-refractivity contribution in [1.29, 1.82) is 0 Å². The molecule has 292 valence electrons. The van der Waals surface area contributed by atoms with Crippen LogP contribution in [0.25, 0.3) is 0 Å². The molecule has 14 heteroatoms. The van der Waals surface area contributed by atoms with Gasteiger partial charge in [-0.05, 0) is 42.5 Å². The molecule has 4 aliphatic heterocycles. The van der Waals surface area contributed by atoms with Crippen LogP contribution in [0.3, 0.4) is 0 Å². The molecule has 0 bridgehead atoms. The van der Waals surface area contributed by atoms with Gasteiger partial charge < -0.3 is 29.7 Å². The maximum Gasteiger partial charge on any atom is 0.337 e. The van der Waals surface area contributed by atoms with Gasteiger partial charge in [0.05, 0.1) is 69.6 Å². The highest BCUT2D eigenvalue weighted by molar-refractivity contribution is 5.97. The number of nitrogens with zero attached hydrogens (tertiary/aromatic N) is 4. The van der Waals surface area contributed by atoms with Crippen molar-refractivity contribution in [2.45, 2.75) is 13.1 Å². The number of para-hydroxylation sites is 2. The first kappa shape index (κ1) is 38.6. The Morgan fingerprint density at radius 3 is 1.43 bits per heavy atom. The number of Topliss-reactive ketones (excluding diaryl/α,β-unsaturated/α-hetero) is 1. The van der Waals surface area contributed by atoms with Gasteiger partial charge >= 0.3 is 18.0 Å². The SMILES string of the molecule is COC(=O)c1ccc(CN(C(=O)N2CC3(COC3)C2)c2ccccc2)c(F)c1.NCC(=O)c1ccc(CN(C(=O)N2CC3(COC3)C2)c2ccccc2)c(F)c1. The number of benzene rings is 4. The molecule has 0 radical (unpaired) electrons. The first-order chi connectivity index (χ1) is 27.0. The normalized spacial score (nSPS) is 16.9. The van der Waals surface area contributed by atoms with Crippen LogP contribution in [-0.2, 0) is 27.3 Å². The van der Waals surface area contributed by atoms with Crippen LogP contribution >= 0.6 is 0 Å². The number of hydrogen-bond acceptors (Lipinski definition) is 8. The highest BCUT2D eigenvalue weighted by Crippen LogP contribution is 2.40. The number of carbonyl (C=O) groups is 4. The zero-order valence-corrected chi connectivity index (χ0v) is 31.0. The summed E-state index contributed by atoms with van der Waals surface area (Å²) in [6.45, 7) is 5.33. The average molecular weight is 768 g/mol. The zero-order valence-electron chi connectivity index (χ0n) is 31.0. The van der Waals surface area contributed by atoms with E-state index in [2.05, 4.69) is 4.74 Å². The molecular weight excluding hydrogens is 724 g/mol. The summed E-state index contributed by atoms with van der Waals surface area (Å²) in [5.41, 5.74) is 7.97. The van der Waals surface area contributed by atoms with E-state index in [4.69, 9.17) is 15.2 Å². The smallest absolute Gasteiger partial charge is 0.337 e. The van der Waals surface area contributed by atoms with Gasteiger partial charge in [0.15, 0.2) is 5.78 Å². The quantitative estimate of drug-likeness (QED) is 0.175. The number of carbonyl (C=O) groups excluding carboxylic acids is 4. The Hall–Kier alpha value is -5.70. The fourth-order valence-electron chi connectivity index (χ4n) is 7.27. The van der Waals surface area contributed by atoms with Gasteiger partial charge in [0.2, 0.25) is 0 Å². The first-order valence-electron chi connectivity index (χ1n) is 18.3. The summed E-state index contributed by atoms with van der Waals surface area (Å²) in [4.78, 5) is 56.1. The molecule has 4 aromatic rings. The molecule has 0 saturated carbocycles. The monoisotopic (exact) mass is 767 g/mol. The summed E-state index contributed by atoms with van der Waals surface area (Å²) in [6.07, 6.45) is 0. The molecule has 4 amide bonds. The molecule has 4 aromatic carbocycles. The Morgan fingerprint density at radius 2 is 1.07 bits per heavy atom. The van der Waals surface area contributed by atoms with E-state index in [1.807, 2.05) is 60.7 Å². The number of amides is 4. The second-order valence-corrected chi connectivity index (χ2v) is 14.8. The predicted octanol–water partition coefficient (Wildman–Crippen LogP) is 5.50. The summed E-state index contributed by atoms with van der Waals surface area (Å²) < 4.78 is 44.4. The van der Waals surface area contributed by atoms with Crippen LogP contribution in [0.4, 0.5) is 29.7 Å². The Labute approximate surface area is 323 Å². The zero-order chi connectivity index (χ0) is 39.5. The van der Waals surface area contributed by atoms with Gasteiger partial charge in [-0.25, -0.2) is 23.2 Å². The van der Waals surface area contributed by atoms with Crippen LogP contribution in [0.15, 0.2) is 97.1 Å². The standard InChI is InChI=1S/C21H22FN3O3.C21H21FN2O4/c22-18-8-15(19(26)9-23)6-7-16(18)10-25(17-4-2-1-3-5-17)20(27)24-11-21(12-24)13-28-14-21;1-27-19(25)15-7-8-16(18(22)9-15)10-24(17-5-3-2-4-6-17)20(26)23-11-21(12-23)13-28-14-21/h1-8H,9-14,23H2;2-9H,10-14H2,1H3. The van der Waals surface area contributed by atoms with Gasteiger partial charge in [0.1, 0.15) is 11.6 Å². The van der Waals surface area contributed by atoms with Crippen molar-refractivity contribution in [2.24, 2.45) is 16.6 Å². The summed E-state index contributed by atoms with van der Waals surface area (Å²) in [5.74, 6) is -2.00. The number of anilines is 2. The fraction of sp³-hybridized carbons (Fsp3) is 0.333. The molecular formula is C42H43F2N5O7. The van der Waals surface area contributed by atoms with Crippen molar-refractivity contribution in [3.05, 3.63) is 131 Å². The molecule has 0 aromatic heterocycles. The fourth-order valence-corrected chi connectivity index (χ4v) is 7.27. The molecule has 12 nitrogen and oxygen atoms in total. The summed E-state index contributed by atoms with van der Waals surface area (Å²) in [7, 11) is 1.25. The lowest BCUT2D eigenvalue weighted by molar-refractivity contribution is -0.174. The number of esters is 1. The number of nitrogens with two attached hydrogens (primary N) is 1. The van der Waals surface area contributed by atoms with Crippen molar-refractivity contribution in [1.82, 2.24) is 9.80 Å². The van der Waals surface area contributed by atoms with E-state index in [0.717, 1.165) is 6.07 Å². The largest absolute Gasteiger partial charge is 0.465 e. The average Bonchev–Trinajstić information content (AvgIpc) is 3.14. The Morgan fingerprint density at radius 1 is 0.661 bits per heavy atom. The lowest BCUT2D eigenvalue weighted by Crippen LogP contribution is -2.68. The third kappa shape index (κ3) is 7.99. The second kappa shape index (κ2) is 16.2. The van der Waals surface area contributed by atoms with E-state index in [1.165, 1.54) is 25.3 Å². The Balaban J connectivity index is 0.000000172. The van der Waals surface area contributed by atoms with Crippen molar-refractivity contribution in [2.75, 3.05) is 76.1 Å². The number of likely N-dealkylation sites (tertiary alicyclic amines) is 2. The number of hydrogen-bond donors (Lipinski definition) is 1. The summed E-state index contributed by atoms with van der Waals surface area (Å²) >= 11 is 0. The van der Waals surface area contributed by atoms with E-state index < -0.39 is 17.6 Å². The predicted molar refractivity (Wildman–Crippen MR) is 203 cm³/mol. The van der Waals surface area contributed by atoms with E-state index >= 15 is 0 Å². The van der Waals surface area contributed by atoms with Crippen LogP contribution < -0.4 is 15.5 Å². The molecule has 56 heavy (non-hydrogen) atoms. The third-order valence-corrected chi connectivity index (χ3v) is 10.6. The summed E-state index contributed by atoms with van der Waals surface area (Å²) in [5, 5.41) is 0. The maximum absolute atomic E-state index is 14.6. The number of methoxy groups -OCH3 is 1. The lowest BCUT2D eigenvalue weighted by Gasteiger charge is -2.55. The minimum Gasteiger partial charge on any atom is -0.465 e. The van der Waals surface area contributed by atoms with Gasteiger partial charge in [-0.2, -0.15) is 0 Å². The molecule has 2 spiro atoms. The third-order valence-electron chi connectivity index (χ3n) is 10.6. The number of urea groups is 2. The van der Waals surface area contributed by atoms with E-state index in [0.29, 0.717) is 75.1 Å². The van der Waals surface area contributed by atoms with Crippen molar-refractivity contribution in [3.63, 3.8) is 0 Å². The van der Waals surface area contributed by atoms with Crippen LogP contribution in [0.5, 0.6) is 0 Å². The van der Waals surface area contributed by atoms with Gasteiger partial charge in [-0.1, -0.05) is 54.6 Å². The molecule has 2 N–H and O–H groups in total. The van der Waals surface area contributed by atoms with E-state index in [1.54, 1.807) is 31.7 Å². The molecule has 4 fully saturated rings. The molecule has 0 aliphatic carbocycles. The molecule has 4 aliphatic rings. The van der Waals surface area contributed by atoms with Crippen molar-refractivity contribution in [3.8, 4) is 0 Å². The second-order valence-electron chi connectivity index (χ2n) is 14.8. The maximum atomic E-state index is 14.6. The molecule has 0 unspecified atom stereocenters. The number of ether oxygens (including phenoxy) is 3. The summed E-state index contributed by atoms with van der Waals surface area (Å²) in [6, 6.07) is 26.5. The van der Waals surface area contributed by atoms with Crippen LogP contribution in [-0.4, -0.2) is 99.9 Å². The van der Waals surface area contributed by atoms with Crippen LogP contribution in [0, 0.1) is 22.5 Å². The van der Waals surface area contributed by atoms with Gasteiger partial charge in [-0.15, -0.1) is 0 Å². The molecule has 0 atom stereocenters. The Bertz CT molecular complexity index is 1930. The minimum atomic E-state index is -0.602. The minimum absolute atomic E-state index is 0.0656. The Kier molecular flexibility index (Phi) is 11.1. The topological polar surface area (TPSA) is 135 Å². The van der Waals surface area contributed by atoms with Crippen LogP contribution in [0.1, 0.15) is 31.8 Å². The number of rotatable bonds is 9. The van der Waals surface area contributed by atoms with E-state index in [-0.39, 0.29) is 59.4 Å². The highest BCUT2D eigenvalue weighted by Gasteiger charge is 2.52. The van der Waals surface area contributed by atoms with Crippen molar-refractivity contribution < 1.29 is 42.2 Å². The molecule has 4 heterocycles. The van der Waals surface area contributed by atoms with Gasteiger partial charge in [0.25, 0.3) is 0 Å². The number of ketones is 1. The van der Waals surface area contributed by atoms with Crippen molar-refractivity contribution >= 4 is 35.2 Å². The number of halogens is 2. The van der Waals surface area contributed by atoms with E-state index in [9.17, 15) is 28.0 Å². The van der Waals surface area contributed by atoms with Gasteiger partial charge in [0, 0.05) is 54.2 Å². The first-order valence-corrected chi connectivity index (χ1v) is 18.3. The molecule has 8 rings (SSSR count). The van der Waals surface area contributed by atoms with Gasteiger partial charge in [-0.3, -0.25) is 14.6 Å². The highest BCUT2D eigenvalue weighted by atomic mass is 19.1. The van der Waals surface area contributed by atoms with Crippen LogP contribution in [0.2, 0.25) is 0 Å². The lowest BCUT2D eigenvalue weighted by atomic mass is 9.78. The molecule has 4 saturated heterocycles.